The molecule has 0 unspecified atom stereocenters. The van der Waals surface area contributed by atoms with Gasteiger partial charge in [0.1, 0.15) is 29.5 Å². The van der Waals surface area contributed by atoms with Crippen molar-refractivity contribution in [3.63, 3.8) is 0 Å². The Labute approximate surface area is 245 Å². The number of likely N-dealkylation sites (tertiary alicyclic amines) is 1. The molecule has 216 valence electrons. The number of carbonyl (C=O) groups is 1. The summed E-state index contributed by atoms with van der Waals surface area (Å²) in [5.74, 6) is -0.851. The van der Waals surface area contributed by atoms with Gasteiger partial charge in [0.15, 0.2) is 5.82 Å². The standard InChI is InChI=1S/C30H29F2N7O2S/c1-3-24(40)39-13-12-38(15-18(39)9-10-33)29-22-14-34-26(21-8-4-7-20-23(31)17-42-28(20)21)25(32)27(22)35-30(36-29)41-16-19-6-5-11-37(19)2/h3-4,7-8,14,17-19H,1,5-6,9,11-13,15-16H2,2H3/t18-,19-/m0/s1. The Kier molecular flexibility index (Phi) is 7.70. The van der Waals surface area contributed by atoms with Gasteiger partial charge in [0.2, 0.25) is 5.91 Å². The average molecular weight is 590 g/mol. The molecule has 0 spiro atoms. The minimum atomic E-state index is -0.658. The van der Waals surface area contributed by atoms with E-state index in [1.54, 1.807) is 23.1 Å². The van der Waals surface area contributed by atoms with Gasteiger partial charge >= 0.3 is 6.01 Å². The molecule has 2 fully saturated rings. The molecule has 1 aromatic carbocycles. The van der Waals surface area contributed by atoms with Crippen LogP contribution >= 0.6 is 11.3 Å². The summed E-state index contributed by atoms with van der Waals surface area (Å²) < 4.78 is 37.4. The van der Waals surface area contributed by atoms with Gasteiger partial charge in [-0.1, -0.05) is 24.8 Å². The van der Waals surface area contributed by atoms with Gasteiger partial charge in [0, 0.05) is 52.9 Å². The number of rotatable bonds is 7. The Bertz CT molecular complexity index is 1720. The van der Waals surface area contributed by atoms with E-state index in [2.05, 4.69) is 27.5 Å². The second-order valence-corrected chi connectivity index (χ2v) is 11.4. The van der Waals surface area contributed by atoms with Gasteiger partial charge in [-0.15, -0.1) is 11.3 Å². The molecule has 3 aromatic heterocycles. The fourth-order valence-corrected chi connectivity index (χ4v) is 6.76. The van der Waals surface area contributed by atoms with Crippen LogP contribution in [-0.4, -0.2) is 82.6 Å². The van der Waals surface area contributed by atoms with Crippen molar-refractivity contribution in [3.05, 3.63) is 54.1 Å². The minimum Gasteiger partial charge on any atom is -0.462 e. The molecule has 42 heavy (non-hydrogen) atoms. The Balaban J connectivity index is 1.44. The number of pyridine rings is 1. The first kappa shape index (κ1) is 27.9. The maximum absolute atomic E-state index is 16.4. The maximum Gasteiger partial charge on any atom is 0.319 e. The number of likely N-dealkylation sites (N-methyl/N-ethyl adjacent to an activating group) is 1. The quantitative estimate of drug-likeness (QED) is 0.284. The highest BCUT2D eigenvalue weighted by atomic mass is 32.1. The third-order valence-electron chi connectivity index (χ3n) is 8.09. The lowest BCUT2D eigenvalue weighted by molar-refractivity contribution is -0.128. The van der Waals surface area contributed by atoms with Crippen LogP contribution in [0.5, 0.6) is 6.01 Å². The third-order valence-corrected chi connectivity index (χ3v) is 9.09. The van der Waals surface area contributed by atoms with Gasteiger partial charge < -0.3 is 19.4 Å². The van der Waals surface area contributed by atoms with Gasteiger partial charge in [-0.05, 0) is 32.5 Å². The van der Waals surface area contributed by atoms with Crippen LogP contribution in [-0.2, 0) is 4.79 Å². The number of nitrogens with zero attached hydrogens (tertiary/aromatic N) is 7. The molecule has 2 saturated heterocycles. The number of benzene rings is 1. The van der Waals surface area contributed by atoms with Crippen molar-refractivity contribution in [1.82, 2.24) is 24.8 Å². The van der Waals surface area contributed by atoms with Gasteiger partial charge in [-0.25, -0.2) is 8.78 Å². The summed E-state index contributed by atoms with van der Waals surface area (Å²) in [6.07, 6.45) is 4.94. The van der Waals surface area contributed by atoms with Crippen molar-refractivity contribution >= 4 is 44.1 Å². The fourth-order valence-electron chi connectivity index (χ4n) is 5.82. The summed E-state index contributed by atoms with van der Waals surface area (Å²) >= 11 is 1.19. The molecule has 1 amide bonds. The molecule has 5 heterocycles. The zero-order chi connectivity index (χ0) is 29.4. The van der Waals surface area contributed by atoms with Crippen LogP contribution in [0.1, 0.15) is 19.3 Å². The molecule has 0 radical (unpaired) electrons. The first-order valence-electron chi connectivity index (χ1n) is 13.8. The molecule has 9 nitrogen and oxygen atoms in total. The van der Waals surface area contributed by atoms with E-state index in [1.165, 1.54) is 29.0 Å². The zero-order valence-corrected chi connectivity index (χ0v) is 23.9. The van der Waals surface area contributed by atoms with Crippen LogP contribution in [0.25, 0.3) is 32.2 Å². The molecule has 4 aromatic rings. The topological polar surface area (TPSA) is 98.5 Å². The highest BCUT2D eigenvalue weighted by molar-refractivity contribution is 7.17. The molecule has 0 N–H and O–H groups in total. The summed E-state index contributed by atoms with van der Waals surface area (Å²) in [6.45, 7) is 5.96. The van der Waals surface area contributed by atoms with Crippen LogP contribution < -0.4 is 9.64 Å². The zero-order valence-electron chi connectivity index (χ0n) is 23.1. The summed E-state index contributed by atoms with van der Waals surface area (Å²) in [7, 11) is 2.04. The Hall–Kier alpha value is -4.21. The van der Waals surface area contributed by atoms with E-state index in [9.17, 15) is 14.4 Å². The van der Waals surface area contributed by atoms with Crippen molar-refractivity contribution in [2.75, 3.05) is 44.7 Å². The molecule has 12 heteroatoms. The van der Waals surface area contributed by atoms with E-state index in [0.717, 1.165) is 19.4 Å². The number of thiophene rings is 1. The predicted molar refractivity (Wildman–Crippen MR) is 157 cm³/mol. The molecule has 0 saturated carbocycles. The number of aromatic nitrogens is 3. The van der Waals surface area contributed by atoms with Crippen molar-refractivity contribution in [3.8, 4) is 23.3 Å². The van der Waals surface area contributed by atoms with Crippen molar-refractivity contribution in [2.45, 2.75) is 31.3 Å². The van der Waals surface area contributed by atoms with Crippen molar-refractivity contribution in [2.24, 2.45) is 0 Å². The Morgan fingerprint density at radius 2 is 2.10 bits per heavy atom. The maximum atomic E-state index is 16.4. The highest BCUT2D eigenvalue weighted by Crippen LogP contribution is 2.38. The largest absolute Gasteiger partial charge is 0.462 e. The normalized spacial score (nSPS) is 19.4. The first-order chi connectivity index (χ1) is 20.4. The SMILES string of the molecule is C=CC(=O)N1CCN(c2nc(OC[C@@H]3CCCN3C)nc3c(F)c(-c4cccc5c(F)csc45)ncc23)C[C@@H]1CC#N. The smallest absolute Gasteiger partial charge is 0.319 e. The number of carbonyl (C=O) groups excluding carboxylic acids is 1. The molecule has 0 bridgehead atoms. The lowest BCUT2D eigenvalue weighted by Gasteiger charge is -2.41. The average Bonchev–Trinajstić information content (AvgIpc) is 3.60. The van der Waals surface area contributed by atoms with Crippen LogP contribution in [0.3, 0.4) is 0 Å². The molecular formula is C30H29F2N7O2S. The van der Waals surface area contributed by atoms with Crippen LogP contribution in [0.15, 0.2) is 42.4 Å². The van der Waals surface area contributed by atoms with Crippen LogP contribution in [0, 0.1) is 23.0 Å². The van der Waals surface area contributed by atoms with E-state index in [0.29, 0.717) is 53.1 Å². The number of fused-ring (bicyclic) bond motifs is 2. The number of anilines is 1. The number of amides is 1. The van der Waals surface area contributed by atoms with Crippen LogP contribution in [0.2, 0.25) is 0 Å². The Morgan fingerprint density at radius 3 is 2.86 bits per heavy atom. The predicted octanol–water partition coefficient (Wildman–Crippen LogP) is 4.77. The molecule has 0 aliphatic carbocycles. The second kappa shape index (κ2) is 11.6. The second-order valence-electron chi connectivity index (χ2n) is 10.6. The van der Waals surface area contributed by atoms with Gasteiger partial charge in [0.05, 0.1) is 23.9 Å². The monoisotopic (exact) mass is 589 g/mol. The lowest BCUT2D eigenvalue weighted by Crippen LogP contribution is -2.55. The van der Waals surface area contributed by atoms with Gasteiger partial charge in [-0.3, -0.25) is 9.78 Å². The molecule has 2 atom stereocenters. The summed E-state index contributed by atoms with van der Waals surface area (Å²) in [5, 5.41) is 11.6. The number of nitriles is 1. The number of hydrogen-bond donors (Lipinski definition) is 0. The number of halogens is 2. The van der Waals surface area contributed by atoms with Crippen LogP contribution in [0.4, 0.5) is 14.6 Å². The van der Waals surface area contributed by atoms with Gasteiger partial charge in [0.25, 0.3) is 0 Å². The molecule has 6 rings (SSSR count). The van der Waals surface area contributed by atoms with Crippen molar-refractivity contribution in [1.29, 1.82) is 5.26 Å². The van der Waals surface area contributed by atoms with Crippen molar-refractivity contribution < 1.29 is 18.3 Å². The molecular weight excluding hydrogens is 560 g/mol. The lowest BCUT2D eigenvalue weighted by atomic mass is 10.1. The highest BCUT2D eigenvalue weighted by Gasteiger charge is 2.32. The van der Waals surface area contributed by atoms with E-state index in [-0.39, 0.29) is 41.4 Å². The number of ether oxygens (including phenoxy) is 1. The van der Waals surface area contributed by atoms with E-state index < -0.39 is 11.9 Å². The van der Waals surface area contributed by atoms with E-state index in [4.69, 9.17) is 9.72 Å². The number of piperazine rings is 1. The first-order valence-corrected chi connectivity index (χ1v) is 14.7. The summed E-state index contributed by atoms with van der Waals surface area (Å²) in [6, 6.07) is 7.04. The van der Waals surface area contributed by atoms with Gasteiger partial charge in [-0.2, -0.15) is 15.2 Å². The molecule has 2 aliphatic heterocycles. The van der Waals surface area contributed by atoms with E-state index in [1.807, 2.05) is 11.9 Å². The van der Waals surface area contributed by atoms with E-state index >= 15 is 4.39 Å². The molecule has 2 aliphatic rings. The summed E-state index contributed by atoms with van der Waals surface area (Å²) in [4.78, 5) is 31.9. The fraction of sp³-hybridized carbons (Fsp3) is 0.367. The number of hydrogen-bond acceptors (Lipinski definition) is 9. The third kappa shape index (κ3) is 5.03. The summed E-state index contributed by atoms with van der Waals surface area (Å²) in [5.41, 5.74) is 0.571. The minimum absolute atomic E-state index is 0.0373. The Morgan fingerprint density at radius 1 is 1.24 bits per heavy atom.